The molecule has 4 nitrogen and oxygen atoms in total. The van der Waals surface area contributed by atoms with E-state index in [1.807, 2.05) is 24.3 Å². The van der Waals surface area contributed by atoms with E-state index in [9.17, 15) is 4.79 Å². The first-order chi connectivity index (χ1) is 9.56. The van der Waals surface area contributed by atoms with Crippen molar-refractivity contribution in [3.63, 3.8) is 0 Å². The smallest absolute Gasteiger partial charge is 0.256 e. The summed E-state index contributed by atoms with van der Waals surface area (Å²) in [6.07, 6.45) is 5.71. The summed E-state index contributed by atoms with van der Waals surface area (Å²) < 4.78 is 2.75. The van der Waals surface area contributed by atoms with Crippen LogP contribution >= 0.6 is 34.5 Å². The zero-order valence-electron chi connectivity index (χ0n) is 10.8. The second kappa shape index (κ2) is 5.39. The van der Waals surface area contributed by atoms with E-state index in [0.29, 0.717) is 14.2 Å². The number of aryl methyl sites for hydroxylation is 1. The average molecular weight is 330 g/mol. The van der Waals surface area contributed by atoms with Crippen LogP contribution < -0.4 is 0 Å². The fraction of sp³-hybridized carbons (Fsp3) is 0.385. The lowest BCUT2D eigenvalue weighted by molar-refractivity contribution is 0.0736. The molecule has 0 saturated carbocycles. The van der Waals surface area contributed by atoms with Gasteiger partial charge in [-0.1, -0.05) is 23.2 Å². The molecule has 106 valence electrons. The standard InChI is InChI=1S/C13H13Cl2N3OS/c1-17-7-8(6-16-17)10-3-2-4-18(10)13(19)9-5-11(14)20-12(9)15/h5-7,10H,2-4H2,1H3/t10-/m1/s1. The summed E-state index contributed by atoms with van der Waals surface area (Å²) in [7, 11) is 1.88. The number of aromatic nitrogens is 2. The minimum Gasteiger partial charge on any atom is -0.331 e. The summed E-state index contributed by atoms with van der Waals surface area (Å²) in [5, 5.41) is 4.18. The van der Waals surface area contributed by atoms with Gasteiger partial charge in [-0.3, -0.25) is 9.48 Å². The molecular formula is C13H13Cl2N3OS. The zero-order chi connectivity index (χ0) is 14.3. The first-order valence-electron chi connectivity index (χ1n) is 6.30. The van der Waals surface area contributed by atoms with E-state index in [0.717, 1.165) is 24.9 Å². The van der Waals surface area contributed by atoms with Gasteiger partial charge in [-0.25, -0.2) is 0 Å². The minimum atomic E-state index is -0.0514. The quantitative estimate of drug-likeness (QED) is 0.841. The molecule has 7 heteroatoms. The van der Waals surface area contributed by atoms with Crippen molar-refractivity contribution in [1.82, 2.24) is 14.7 Å². The lowest BCUT2D eigenvalue weighted by Gasteiger charge is -2.23. The van der Waals surface area contributed by atoms with E-state index in [1.54, 1.807) is 10.7 Å². The van der Waals surface area contributed by atoms with Crippen molar-refractivity contribution in [3.8, 4) is 0 Å². The monoisotopic (exact) mass is 329 g/mol. The van der Waals surface area contributed by atoms with E-state index >= 15 is 0 Å². The summed E-state index contributed by atoms with van der Waals surface area (Å²) >= 11 is 13.2. The number of hydrogen-bond acceptors (Lipinski definition) is 3. The van der Waals surface area contributed by atoms with Crippen molar-refractivity contribution < 1.29 is 4.79 Å². The predicted molar refractivity (Wildman–Crippen MR) is 80.6 cm³/mol. The Balaban J connectivity index is 1.89. The van der Waals surface area contributed by atoms with E-state index < -0.39 is 0 Å². The van der Waals surface area contributed by atoms with Crippen LogP contribution in [0.25, 0.3) is 0 Å². The third-order valence-corrected chi connectivity index (χ3v) is 5.00. The van der Waals surface area contributed by atoms with Gasteiger partial charge in [0.1, 0.15) is 4.34 Å². The number of carbonyl (C=O) groups excluding carboxylic acids is 1. The van der Waals surface area contributed by atoms with E-state index in [-0.39, 0.29) is 11.9 Å². The molecule has 0 radical (unpaired) electrons. The van der Waals surface area contributed by atoms with Crippen LogP contribution in [0.2, 0.25) is 8.67 Å². The molecule has 0 bridgehead atoms. The number of nitrogens with zero attached hydrogens (tertiary/aromatic N) is 3. The van der Waals surface area contributed by atoms with Crippen molar-refractivity contribution >= 4 is 40.4 Å². The molecule has 1 fully saturated rings. The molecule has 0 aliphatic carbocycles. The Morgan fingerprint density at radius 2 is 2.30 bits per heavy atom. The summed E-state index contributed by atoms with van der Waals surface area (Å²) in [5.74, 6) is -0.0514. The third-order valence-electron chi connectivity index (χ3n) is 3.51. The molecular weight excluding hydrogens is 317 g/mol. The van der Waals surface area contributed by atoms with Gasteiger partial charge in [0.25, 0.3) is 5.91 Å². The molecule has 0 unspecified atom stereocenters. The molecule has 0 spiro atoms. The molecule has 2 aromatic rings. The van der Waals surface area contributed by atoms with Gasteiger partial charge in [0, 0.05) is 25.4 Å². The van der Waals surface area contributed by atoms with Crippen LogP contribution in [-0.4, -0.2) is 27.1 Å². The molecule has 0 N–H and O–H groups in total. The number of rotatable bonds is 2. The van der Waals surface area contributed by atoms with Gasteiger partial charge in [0.15, 0.2) is 0 Å². The van der Waals surface area contributed by atoms with Crippen LogP contribution in [0.5, 0.6) is 0 Å². The lowest BCUT2D eigenvalue weighted by Crippen LogP contribution is -2.30. The maximum Gasteiger partial charge on any atom is 0.256 e. The third kappa shape index (κ3) is 2.45. The fourth-order valence-electron chi connectivity index (χ4n) is 2.61. The number of halogens is 2. The summed E-state index contributed by atoms with van der Waals surface area (Å²) in [4.78, 5) is 14.5. The molecule has 0 aromatic carbocycles. The average Bonchev–Trinajstić information content (AvgIpc) is 3.08. The molecule has 2 aromatic heterocycles. The predicted octanol–water partition coefficient (Wildman–Crippen LogP) is 3.77. The number of hydrogen-bond donors (Lipinski definition) is 0. The first-order valence-corrected chi connectivity index (χ1v) is 7.88. The van der Waals surface area contributed by atoms with Crippen molar-refractivity contribution in [2.75, 3.05) is 6.54 Å². The van der Waals surface area contributed by atoms with Crippen molar-refractivity contribution in [2.45, 2.75) is 18.9 Å². The minimum absolute atomic E-state index is 0.0514. The zero-order valence-corrected chi connectivity index (χ0v) is 13.2. The van der Waals surface area contributed by atoms with Crippen LogP contribution in [-0.2, 0) is 7.05 Å². The van der Waals surface area contributed by atoms with E-state index in [2.05, 4.69) is 5.10 Å². The maximum atomic E-state index is 12.6. The summed E-state index contributed by atoms with van der Waals surface area (Å²) in [6, 6.07) is 1.72. The highest BCUT2D eigenvalue weighted by molar-refractivity contribution is 7.20. The highest BCUT2D eigenvalue weighted by Gasteiger charge is 2.32. The van der Waals surface area contributed by atoms with Gasteiger partial charge < -0.3 is 4.90 Å². The molecule has 1 atom stereocenters. The summed E-state index contributed by atoms with van der Waals surface area (Å²) in [5.41, 5.74) is 1.56. The number of thiophene rings is 1. The first kappa shape index (κ1) is 13.9. The molecule has 3 heterocycles. The van der Waals surface area contributed by atoms with Gasteiger partial charge in [-0.05, 0) is 18.9 Å². The van der Waals surface area contributed by atoms with Crippen molar-refractivity contribution in [2.24, 2.45) is 7.05 Å². The van der Waals surface area contributed by atoms with Crippen LogP contribution in [0.4, 0.5) is 0 Å². The van der Waals surface area contributed by atoms with Crippen LogP contribution in [0.3, 0.4) is 0 Å². The Morgan fingerprint density at radius 1 is 1.50 bits per heavy atom. The van der Waals surface area contributed by atoms with Crippen molar-refractivity contribution in [3.05, 3.63) is 38.3 Å². The topological polar surface area (TPSA) is 38.1 Å². The molecule has 1 saturated heterocycles. The molecule has 20 heavy (non-hydrogen) atoms. The van der Waals surface area contributed by atoms with Gasteiger partial charge in [-0.2, -0.15) is 5.10 Å². The Labute approximate surface area is 130 Å². The van der Waals surface area contributed by atoms with Gasteiger partial charge in [0.05, 0.1) is 22.1 Å². The lowest BCUT2D eigenvalue weighted by atomic mass is 10.1. The second-order valence-electron chi connectivity index (χ2n) is 4.84. The van der Waals surface area contributed by atoms with Gasteiger partial charge >= 0.3 is 0 Å². The molecule has 1 aliphatic heterocycles. The normalized spacial score (nSPS) is 18.8. The largest absolute Gasteiger partial charge is 0.331 e. The van der Waals surface area contributed by atoms with Crippen molar-refractivity contribution in [1.29, 1.82) is 0 Å². The number of carbonyl (C=O) groups is 1. The number of likely N-dealkylation sites (tertiary alicyclic amines) is 1. The second-order valence-corrected chi connectivity index (χ2v) is 7.13. The van der Waals surface area contributed by atoms with Crippen LogP contribution in [0, 0.1) is 0 Å². The summed E-state index contributed by atoms with van der Waals surface area (Å²) in [6.45, 7) is 0.738. The van der Waals surface area contributed by atoms with Crippen LogP contribution in [0.1, 0.15) is 34.8 Å². The van der Waals surface area contributed by atoms with Gasteiger partial charge in [-0.15, -0.1) is 11.3 Å². The highest BCUT2D eigenvalue weighted by atomic mass is 35.5. The van der Waals surface area contributed by atoms with E-state index in [1.165, 1.54) is 11.3 Å². The van der Waals surface area contributed by atoms with Gasteiger partial charge in [0.2, 0.25) is 0 Å². The Kier molecular flexibility index (Phi) is 3.75. The Hall–Kier alpha value is -1.04. The molecule has 3 rings (SSSR count). The number of amides is 1. The van der Waals surface area contributed by atoms with E-state index in [4.69, 9.17) is 23.2 Å². The Bertz CT molecular complexity index is 652. The maximum absolute atomic E-state index is 12.6. The molecule has 1 amide bonds. The van der Waals surface area contributed by atoms with Crippen LogP contribution in [0.15, 0.2) is 18.5 Å². The fourth-order valence-corrected chi connectivity index (χ4v) is 4.06. The SMILES string of the molecule is Cn1cc([C@H]2CCCN2C(=O)c2cc(Cl)sc2Cl)cn1. The Morgan fingerprint density at radius 3 is 2.90 bits per heavy atom. The molecule has 1 aliphatic rings. The highest BCUT2D eigenvalue weighted by Crippen LogP contribution is 2.37.